The molecule has 0 bridgehead atoms. The van der Waals surface area contributed by atoms with Gasteiger partial charge in [0, 0.05) is 29.2 Å². The molecule has 0 saturated heterocycles. The van der Waals surface area contributed by atoms with Crippen molar-refractivity contribution >= 4 is 23.0 Å². The molecule has 26 heavy (non-hydrogen) atoms. The van der Waals surface area contributed by atoms with E-state index in [1.807, 2.05) is 0 Å². The maximum Gasteiger partial charge on any atom is 0.178 e. The summed E-state index contributed by atoms with van der Waals surface area (Å²) in [4.78, 5) is 14.1. The lowest BCUT2D eigenvalue weighted by Crippen LogP contribution is -2.46. The first kappa shape index (κ1) is 15.4. The molecule has 0 radical (unpaired) electrons. The van der Waals surface area contributed by atoms with Crippen LogP contribution in [0.15, 0.2) is 54.9 Å². The van der Waals surface area contributed by atoms with Crippen LogP contribution in [0.4, 0.5) is 23.0 Å². The van der Waals surface area contributed by atoms with Crippen LogP contribution < -0.4 is 9.80 Å². The van der Waals surface area contributed by atoms with Crippen molar-refractivity contribution in [1.82, 2.24) is 9.97 Å². The maximum absolute atomic E-state index is 4.70. The Labute approximate surface area is 154 Å². The van der Waals surface area contributed by atoms with Crippen molar-refractivity contribution in [3.63, 3.8) is 0 Å². The summed E-state index contributed by atoms with van der Waals surface area (Å²) < 4.78 is 0. The highest BCUT2D eigenvalue weighted by atomic mass is 15.5. The molecule has 4 heteroatoms. The van der Waals surface area contributed by atoms with Gasteiger partial charge in [-0.3, -0.25) is 0 Å². The molecule has 3 aromatic rings. The molecule has 1 atom stereocenters. The Kier molecular flexibility index (Phi) is 3.00. The SMILES string of the molecule is Cc1ccc(N2c3nccnc3N3c4ccc(C)cc4C(C)(C)C23)cc1. The summed E-state index contributed by atoms with van der Waals surface area (Å²) in [6, 6.07) is 15.4. The molecular formula is C22H22N4. The van der Waals surface area contributed by atoms with Crippen LogP contribution in [0.1, 0.15) is 30.5 Å². The van der Waals surface area contributed by atoms with E-state index in [0.29, 0.717) is 0 Å². The lowest BCUT2D eigenvalue weighted by atomic mass is 9.83. The largest absolute Gasteiger partial charge is 0.301 e. The molecule has 130 valence electrons. The number of benzene rings is 2. The maximum atomic E-state index is 4.70. The van der Waals surface area contributed by atoms with Crippen molar-refractivity contribution in [2.24, 2.45) is 0 Å². The molecule has 0 aliphatic carbocycles. The van der Waals surface area contributed by atoms with Crippen LogP contribution in [0.3, 0.4) is 0 Å². The lowest BCUT2D eigenvalue weighted by molar-refractivity contribution is 0.449. The first-order valence-electron chi connectivity index (χ1n) is 9.06. The minimum absolute atomic E-state index is 0.0609. The highest BCUT2D eigenvalue weighted by Gasteiger charge is 2.54. The van der Waals surface area contributed by atoms with Crippen molar-refractivity contribution in [2.45, 2.75) is 39.3 Å². The summed E-state index contributed by atoms with van der Waals surface area (Å²) in [5.41, 5.74) is 6.25. The number of aryl methyl sites for hydroxylation is 2. The Balaban J connectivity index is 1.77. The standard InChI is InChI=1S/C22H22N4/c1-14-5-8-16(9-6-14)25-19-20(24-12-11-23-19)26-18-10-7-15(2)13-17(18)22(3,4)21(25)26/h5-13,21H,1-4H3. The Bertz CT molecular complexity index is 992. The van der Waals surface area contributed by atoms with E-state index < -0.39 is 0 Å². The molecule has 2 aliphatic heterocycles. The summed E-state index contributed by atoms with van der Waals surface area (Å²) in [5.74, 6) is 1.87. The fraction of sp³-hybridized carbons (Fsp3) is 0.273. The monoisotopic (exact) mass is 342 g/mol. The number of fused-ring (bicyclic) bond motifs is 5. The van der Waals surface area contributed by atoms with Crippen LogP contribution in [0.2, 0.25) is 0 Å². The average molecular weight is 342 g/mol. The predicted molar refractivity (Wildman–Crippen MR) is 105 cm³/mol. The molecule has 3 heterocycles. The quantitative estimate of drug-likeness (QED) is 0.623. The molecular weight excluding hydrogens is 320 g/mol. The molecule has 0 N–H and O–H groups in total. The topological polar surface area (TPSA) is 32.3 Å². The second kappa shape index (κ2) is 5.07. The Morgan fingerprint density at radius 1 is 0.808 bits per heavy atom. The number of anilines is 4. The normalized spacial score (nSPS) is 19.3. The summed E-state index contributed by atoms with van der Waals surface area (Å²) in [7, 11) is 0. The van der Waals surface area contributed by atoms with Crippen molar-refractivity contribution < 1.29 is 0 Å². The van der Waals surface area contributed by atoms with Crippen LogP contribution in [0, 0.1) is 13.8 Å². The third-order valence-electron chi connectivity index (χ3n) is 5.67. The molecule has 2 aliphatic rings. The minimum atomic E-state index is -0.0609. The van der Waals surface area contributed by atoms with Gasteiger partial charge in [0.1, 0.15) is 6.17 Å². The van der Waals surface area contributed by atoms with E-state index in [9.17, 15) is 0 Å². The molecule has 1 unspecified atom stereocenters. The van der Waals surface area contributed by atoms with Crippen LogP contribution >= 0.6 is 0 Å². The highest BCUT2D eigenvalue weighted by molar-refractivity contribution is 5.88. The molecule has 0 saturated carbocycles. The molecule has 2 aromatic carbocycles. The summed E-state index contributed by atoms with van der Waals surface area (Å²) in [6.07, 6.45) is 3.69. The lowest BCUT2D eigenvalue weighted by Gasteiger charge is -2.36. The van der Waals surface area contributed by atoms with E-state index in [0.717, 1.165) is 17.3 Å². The number of hydrogen-bond acceptors (Lipinski definition) is 4. The van der Waals surface area contributed by atoms with Gasteiger partial charge in [-0.1, -0.05) is 49.2 Å². The smallest absolute Gasteiger partial charge is 0.178 e. The zero-order valence-electron chi connectivity index (χ0n) is 15.6. The van der Waals surface area contributed by atoms with E-state index in [4.69, 9.17) is 9.97 Å². The van der Waals surface area contributed by atoms with E-state index in [1.54, 1.807) is 12.4 Å². The van der Waals surface area contributed by atoms with Crippen LogP contribution in [0.25, 0.3) is 0 Å². The number of nitrogens with zero attached hydrogens (tertiary/aromatic N) is 4. The van der Waals surface area contributed by atoms with E-state index in [-0.39, 0.29) is 11.6 Å². The molecule has 4 nitrogen and oxygen atoms in total. The van der Waals surface area contributed by atoms with E-state index in [2.05, 4.69) is 80.0 Å². The fourth-order valence-electron chi connectivity index (χ4n) is 4.39. The first-order chi connectivity index (χ1) is 12.5. The van der Waals surface area contributed by atoms with Gasteiger partial charge in [-0.05, 0) is 37.6 Å². The second-order valence-electron chi connectivity index (χ2n) is 7.90. The molecule has 0 amide bonds. The van der Waals surface area contributed by atoms with Gasteiger partial charge in [0.25, 0.3) is 0 Å². The second-order valence-corrected chi connectivity index (χ2v) is 7.90. The Hall–Kier alpha value is -2.88. The summed E-state index contributed by atoms with van der Waals surface area (Å²) in [5, 5.41) is 0. The minimum Gasteiger partial charge on any atom is -0.301 e. The van der Waals surface area contributed by atoms with Crippen molar-refractivity contribution in [2.75, 3.05) is 9.80 Å². The van der Waals surface area contributed by atoms with Gasteiger partial charge in [-0.15, -0.1) is 0 Å². The number of rotatable bonds is 1. The summed E-state index contributed by atoms with van der Waals surface area (Å²) in [6.45, 7) is 8.92. The highest BCUT2D eigenvalue weighted by Crippen LogP contribution is 2.57. The van der Waals surface area contributed by atoms with Crippen molar-refractivity contribution in [3.8, 4) is 0 Å². The Morgan fingerprint density at radius 3 is 2.12 bits per heavy atom. The fourth-order valence-corrected chi connectivity index (χ4v) is 4.39. The van der Waals surface area contributed by atoms with Gasteiger partial charge < -0.3 is 9.80 Å². The molecule has 1 aromatic heterocycles. The Morgan fingerprint density at radius 2 is 1.42 bits per heavy atom. The van der Waals surface area contributed by atoms with E-state index in [1.165, 1.54) is 22.4 Å². The third kappa shape index (κ3) is 1.90. The molecule has 5 rings (SSSR count). The number of aromatic nitrogens is 2. The summed E-state index contributed by atoms with van der Waals surface area (Å²) >= 11 is 0. The zero-order valence-corrected chi connectivity index (χ0v) is 15.6. The van der Waals surface area contributed by atoms with Crippen LogP contribution in [-0.4, -0.2) is 16.1 Å². The van der Waals surface area contributed by atoms with E-state index >= 15 is 0 Å². The van der Waals surface area contributed by atoms with Gasteiger partial charge in [0.05, 0.1) is 0 Å². The van der Waals surface area contributed by atoms with Gasteiger partial charge in [-0.25, -0.2) is 9.97 Å². The first-order valence-corrected chi connectivity index (χ1v) is 9.06. The molecule has 0 fully saturated rings. The van der Waals surface area contributed by atoms with Gasteiger partial charge in [0.15, 0.2) is 11.6 Å². The van der Waals surface area contributed by atoms with Crippen LogP contribution in [-0.2, 0) is 5.41 Å². The van der Waals surface area contributed by atoms with Gasteiger partial charge in [0.2, 0.25) is 0 Å². The molecule has 0 spiro atoms. The van der Waals surface area contributed by atoms with Crippen LogP contribution in [0.5, 0.6) is 0 Å². The van der Waals surface area contributed by atoms with Crippen molar-refractivity contribution in [3.05, 3.63) is 71.5 Å². The zero-order chi connectivity index (χ0) is 18.1. The number of hydrogen-bond donors (Lipinski definition) is 0. The predicted octanol–water partition coefficient (Wildman–Crippen LogP) is 5.00. The van der Waals surface area contributed by atoms with Gasteiger partial charge >= 0.3 is 0 Å². The third-order valence-corrected chi connectivity index (χ3v) is 5.67. The average Bonchev–Trinajstić information content (AvgIpc) is 3.08. The van der Waals surface area contributed by atoms with Crippen molar-refractivity contribution in [1.29, 1.82) is 0 Å². The van der Waals surface area contributed by atoms with Gasteiger partial charge in [-0.2, -0.15) is 0 Å².